The van der Waals surface area contributed by atoms with Crippen LogP contribution in [-0.4, -0.2) is 12.6 Å². The first kappa shape index (κ1) is 12.0. The molecule has 2 heteroatoms. The van der Waals surface area contributed by atoms with Crippen LogP contribution in [0.25, 0.3) is 0 Å². The number of rotatable bonds is 5. The van der Waals surface area contributed by atoms with Crippen LogP contribution in [-0.2, 0) is 9.53 Å². The van der Waals surface area contributed by atoms with Gasteiger partial charge in [-0.2, -0.15) is 0 Å². The summed E-state index contributed by atoms with van der Waals surface area (Å²) in [6, 6.07) is 0. The molecule has 1 aliphatic rings. The summed E-state index contributed by atoms with van der Waals surface area (Å²) >= 11 is 0. The van der Waals surface area contributed by atoms with E-state index in [9.17, 15) is 4.79 Å². The van der Waals surface area contributed by atoms with E-state index in [1.54, 1.807) is 0 Å². The average Bonchev–Trinajstić information content (AvgIpc) is 2.29. The van der Waals surface area contributed by atoms with Crippen molar-refractivity contribution in [2.24, 2.45) is 0 Å². The maximum atomic E-state index is 11.6. The second-order valence-electron chi connectivity index (χ2n) is 3.94. The molecule has 0 atom stereocenters. The Kier molecular flexibility index (Phi) is 5.16. The lowest BCUT2D eigenvalue weighted by atomic mass is 9.94. The first-order chi connectivity index (χ1) is 7.25. The SMILES string of the molecule is C=C(C(=O)OCCCC)C1=CCCCC1. The molecule has 0 aromatic heterocycles. The van der Waals surface area contributed by atoms with E-state index >= 15 is 0 Å². The fourth-order valence-electron chi connectivity index (χ4n) is 1.64. The van der Waals surface area contributed by atoms with Crippen LogP contribution in [0.1, 0.15) is 45.4 Å². The van der Waals surface area contributed by atoms with Gasteiger partial charge in [0.15, 0.2) is 0 Å². The topological polar surface area (TPSA) is 26.3 Å². The number of hydrogen-bond donors (Lipinski definition) is 0. The maximum absolute atomic E-state index is 11.6. The highest BCUT2D eigenvalue weighted by atomic mass is 16.5. The van der Waals surface area contributed by atoms with Crippen LogP contribution in [0.5, 0.6) is 0 Å². The van der Waals surface area contributed by atoms with E-state index < -0.39 is 0 Å². The van der Waals surface area contributed by atoms with E-state index in [1.807, 2.05) is 0 Å². The molecule has 0 radical (unpaired) electrons. The molecule has 1 aliphatic carbocycles. The van der Waals surface area contributed by atoms with Crippen molar-refractivity contribution >= 4 is 5.97 Å². The Balaban J connectivity index is 2.38. The predicted molar refractivity (Wildman–Crippen MR) is 61.6 cm³/mol. The van der Waals surface area contributed by atoms with Crippen molar-refractivity contribution in [2.75, 3.05) is 6.61 Å². The minimum Gasteiger partial charge on any atom is -0.462 e. The Morgan fingerprint density at radius 1 is 1.53 bits per heavy atom. The van der Waals surface area contributed by atoms with Gasteiger partial charge in [-0.15, -0.1) is 0 Å². The lowest BCUT2D eigenvalue weighted by Gasteiger charge is -2.14. The van der Waals surface area contributed by atoms with Crippen LogP contribution >= 0.6 is 0 Å². The third kappa shape index (κ3) is 3.90. The van der Waals surface area contributed by atoms with Crippen LogP contribution in [0.15, 0.2) is 23.8 Å². The molecule has 15 heavy (non-hydrogen) atoms. The summed E-state index contributed by atoms with van der Waals surface area (Å²) in [6.07, 6.45) is 8.51. The third-order valence-electron chi connectivity index (χ3n) is 2.66. The Labute approximate surface area is 92.0 Å². The fourth-order valence-corrected chi connectivity index (χ4v) is 1.64. The zero-order valence-electron chi connectivity index (χ0n) is 9.55. The molecule has 0 heterocycles. The van der Waals surface area contributed by atoms with Crippen molar-refractivity contribution in [1.82, 2.24) is 0 Å². The lowest BCUT2D eigenvalue weighted by molar-refractivity contribution is -0.138. The number of carbonyl (C=O) groups is 1. The molecule has 2 nitrogen and oxygen atoms in total. The summed E-state index contributed by atoms with van der Waals surface area (Å²) in [7, 11) is 0. The molecule has 84 valence electrons. The van der Waals surface area contributed by atoms with Gasteiger partial charge in [-0.3, -0.25) is 0 Å². The second-order valence-corrected chi connectivity index (χ2v) is 3.94. The van der Waals surface area contributed by atoms with Gasteiger partial charge >= 0.3 is 5.97 Å². The van der Waals surface area contributed by atoms with Crippen molar-refractivity contribution < 1.29 is 9.53 Å². The van der Waals surface area contributed by atoms with Gasteiger partial charge in [0, 0.05) is 0 Å². The van der Waals surface area contributed by atoms with Crippen molar-refractivity contribution in [1.29, 1.82) is 0 Å². The molecule has 0 aromatic carbocycles. The molecule has 0 bridgehead atoms. The monoisotopic (exact) mass is 208 g/mol. The van der Waals surface area contributed by atoms with Crippen LogP contribution in [0.2, 0.25) is 0 Å². The van der Waals surface area contributed by atoms with E-state index in [2.05, 4.69) is 19.6 Å². The molecule has 0 fully saturated rings. The highest BCUT2D eigenvalue weighted by Gasteiger charge is 2.14. The van der Waals surface area contributed by atoms with Gasteiger partial charge in [0.05, 0.1) is 12.2 Å². The highest BCUT2D eigenvalue weighted by molar-refractivity contribution is 5.92. The molecule has 0 aliphatic heterocycles. The second kappa shape index (κ2) is 6.44. The smallest absolute Gasteiger partial charge is 0.337 e. The summed E-state index contributed by atoms with van der Waals surface area (Å²) in [5, 5.41) is 0. The molecule has 0 spiro atoms. The zero-order chi connectivity index (χ0) is 11.1. The number of ether oxygens (including phenoxy) is 1. The summed E-state index contributed by atoms with van der Waals surface area (Å²) in [5.74, 6) is -0.239. The van der Waals surface area contributed by atoms with Crippen molar-refractivity contribution in [2.45, 2.75) is 45.4 Å². The van der Waals surface area contributed by atoms with Gasteiger partial charge in [-0.05, 0) is 37.7 Å². The number of allylic oxidation sites excluding steroid dienone is 1. The molecule has 0 aromatic rings. The predicted octanol–water partition coefficient (Wildman–Crippen LogP) is 3.39. The first-order valence-corrected chi connectivity index (χ1v) is 5.81. The van der Waals surface area contributed by atoms with Crippen molar-refractivity contribution in [3.8, 4) is 0 Å². The van der Waals surface area contributed by atoms with E-state index in [0.29, 0.717) is 12.2 Å². The Hall–Kier alpha value is -1.05. The highest BCUT2D eigenvalue weighted by Crippen LogP contribution is 2.23. The van der Waals surface area contributed by atoms with Gasteiger partial charge in [-0.1, -0.05) is 26.0 Å². The molecular formula is C13H20O2. The summed E-state index contributed by atoms with van der Waals surface area (Å²) in [6.45, 7) is 6.41. The zero-order valence-corrected chi connectivity index (χ0v) is 9.55. The van der Waals surface area contributed by atoms with Crippen LogP contribution in [0.4, 0.5) is 0 Å². The minimum atomic E-state index is -0.239. The molecule has 1 rings (SSSR count). The van der Waals surface area contributed by atoms with E-state index in [0.717, 1.165) is 37.7 Å². The van der Waals surface area contributed by atoms with E-state index in [4.69, 9.17) is 4.74 Å². The van der Waals surface area contributed by atoms with Gasteiger partial charge in [0.25, 0.3) is 0 Å². The molecule has 0 N–H and O–H groups in total. The summed E-state index contributed by atoms with van der Waals surface area (Å²) in [4.78, 5) is 11.6. The van der Waals surface area contributed by atoms with Crippen LogP contribution in [0.3, 0.4) is 0 Å². The largest absolute Gasteiger partial charge is 0.462 e. The molecular weight excluding hydrogens is 188 g/mol. The van der Waals surface area contributed by atoms with Crippen molar-refractivity contribution in [3.05, 3.63) is 23.8 Å². The summed E-state index contributed by atoms with van der Waals surface area (Å²) < 4.78 is 5.12. The Morgan fingerprint density at radius 2 is 2.33 bits per heavy atom. The number of unbranched alkanes of at least 4 members (excludes halogenated alkanes) is 1. The van der Waals surface area contributed by atoms with Crippen LogP contribution in [0, 0.1) is 0 Å². The van der Waals surface area contributed by atoms with E-state index in [-0.39, 0.29) is 5.97 Å². The number of hydrogen-bond acceptors (Lipinski definition) is 2. The fraction of sp³-hybridized carbons (Fsp3) is 0.615. The molecule has 0 saturated carbocycles. The van der Waals surface area contributed by atoms with Gasteiger partial charge in [-0.25, -0.2) is 4.79 Å². The van der Waals surface area contributed by atoms with E-state index in [1.165, 1.54) is 6.42 Å². The number of carbonyl (C=O) groups excluding carboxylic acids is 1. The molecule has 0 saturated heterocycles. The minimum absolute atomic E-state index is 0.239. The van der Waals surface area contributed by atoms with Crippen LogP contribution < -0.4 is 0 Å². The Morgan fingerprint density at radius 3 is 2.93 bits per heavy atom. The standard InChI is InChI=1S/C13H20O2/c1-3-4-10-15-13(14)11(2)12-8-6-5-7-9-12/h8H,2-7,9-10H2,1H3. The lowest BCUT2D eigenvalue weighted by Crippen LogP contribution is -2.11. The summed E-state index contributed by atoms with van der Waals surface area (Å²) in [5.41, 5.74) is 1.65. The Bertz CT molecular complexity index is 264. The third-order valence-corrected chi connectivity index (χ3v) is 2.66. The maximum Gasteiger partial charge on any atom is 0.337 e. The molecule has 0 amide bonds. The molecule has 0 unspecified atom stereocenters. The average molecular weight is 208 g/mol. The quantitative estimate of drug-likeness (QED) is 0.393. The van der Waals surface area contributed by atoms with Gasteiger partial charge in [0.2, 0.25) is 0 Å². The van der Waals surface area contributed by atoms with Crippen molar-refractivity contribution in [3.63, 3.8) is 0 Å². The number of esters is 1. The van der Waals surface area contributed by atoms with Gasteiger partial charge in [0.1, 0.15) is 0 Å². The van der Waals surface area contributed by atoms with Gasteiger partial charge < -0.3 is 4.74 Å². The first-order valence-electron chi connectivity index (χ1n) is 5.81. The normalized spacial score (nSPS) is 15.7.